The Balaban J connectivity index is 0.00000220. The third kappa shape index (κ3) is 5.53. The van der Waals surface area contributed by atoms with Gasteiger partial charge < -0.3 is 22.1 Å². The second-order valence-electron chi connectivity index (χ2n) is 5.03. The molecule has 1 aliphatic rings. The van der Waals surface area contributed by atoms with Gasteiger partial charge >= 0.3 is 6.03 Å². The number of urea groups is 1. The molecular weight excluding hydrogens is 312 g/mol. The van der Waals surface area contributed by atoms with Gasteiger partial charge in [0.25, 0.3) is 0 Å². The van der Waals surface area contributed by atoms with Crippen molar-refractivity contribution in [3.8, 4) is 0 Å². The standard InChI is InChI=1S/C13H20N4O2S.ClH/c14-7-10(8-3-4-8)16-12(18)6-9(17-13(15)19)11-2-1-5-20-11;/h1-2,5,8-10H,3-4,6-7,14H2,(H,16,18)(H3,15,17,19);1H. The van der Waals surface area contributed by atoms with E-state index < -0.39 is 6.03 Å². The summed E-state index contributed by atoms with van der Waals surface area (Å²) in [4.78, 5) is 24.0. The number of halogens is 1. The van der Waals surface area contributed by atoms with Crippen LogP contribution >= 0.6 is 23.7 Å². The van der Waals surface area contributed by atoms with Gasteiger partial charge in [-0.1, -0.05) is 6.07 Å². The number of nitrogens with one attached hydrogen (secondary N) is 2. The highest BCUT2D eigenvalue weighted by atomic mass is 35.5. The molecule has 8 heteroatoms. The average Bonchev–Trinajstić information content (AvgIpc) is 3.08. The first-order valence-electron chi connectivity index (χ1n) is 6.69. The summed E-state index contributed by atoms with van der Waals surface area (Å²) >= 11 is 1.48. The second kappa shape index (κ2) is 8.21. The summed E-state index contributed by atoms with van der Waals surface area (Å²) in [7, 11) is 0. The molecule has 1 aromatic heterocycles. The fraction of sp³-hybridized carbons (Fsp3) is 0.538. The second-order valence-corrected chi connectivity index (χ2v) is 6.01. The van der Waals surface area contributed by atoms with E-state index in [9.17, 15) is 9.59 Å². The van der Waals surface area contributed by atoms with Crippen LogP contribution in [0.1, 0.15) is 30.2 Å². The van der Waals surface area contributed by atoms with Crippen LogP contribution in [-0.2, 0) is 4.79 Å². The van der Waals surface area contributed by atoms with E-state index in [0.29, 0.717) is 12.5 Å². The van der Waals surface area contributed by atoms with E-state index in [1.54, 1.807) is 0 Å². The Hall–Kier alpha value is -1.31. The lowest BCUT2D eigenvalue weighted by Crippen LogP contribution is -2.43. The van der Waals surface area contributed by atoms with Crippen molar-refractivity contribution in [2.75, 3.05) is 6.54 Å². The quantitative estimate of drug-likeness (QED) is 0.600. The van der Waals surface area contributed by atoms with Gasteiger partial charge in [0.1, 0.15) is 0 Å². The fourth-order valence-electron chi connectivity index (χ4n) is 2.20. The van der Waals surface area contributed by atoms with Gasteiger partial charge in [0, 0.05) is 17.5 Å². The van der Waals surface area contributed by atoms with Gasteiger partial charge in [0.2, 0.25) is 5.91 Å². The van der Waals surface area contributed by atoms with E-state index >= 15 is 0 Å². The molecular formula is C13H21ClN4O2S. The Bertz CT molecular complexity index is 465. The molecule has 118 valence electrons. The van der Waals surface area contributed by atoms with Crippen molar-refractivity contribution < 1.29 is 9.59 Å². The average molecular weight is 333 g/mol. The lowest BCUT2D eigenvalue weighted by atomic mass is 10.1. The maximum atomic E-state index is 12.1. The molecule has 6 nitrogen and oxygen atoms in total. The molecule has 2 rings (SSSR count). The molecule has 0 spiro atoms. The first kappa shape index (κ1) is 17.7. The van der Waals surface area contributed by atoms with Crippen molar-refractivity contribution in [2.45, 2.75) is 31.3 Å². The third-order valence-electron chi connectivity index (χ3n) is 3.38. The molecule has 1 aromatic rings. The smallest absolute Gasteiger partial charge is 0.312 e. The highest BCUT2D eigenvalue weighted by Gasteiger charge is 2.31. The van der Waals surface area contributed by atoms with Crippen LogP contribution in [-0.4, -0.2) is 24.5 Å². The SMILES string of the molecule is Cl.NCC(NC(=O)CC(NC(N)=O)c1cccs1)C1CC1. The molecule has 21 heavy (non-hydrogen) atoms. The molecule has 1 heterocycles. The van der Waals surface area contributed by atoms with E-state index in [-0.39, 0.29) is 36.8 Å². The van der Waals surface area contributed by atoms with E-state index in [1.807, 2.05) is 17.5 Å². The van der Waals surface area contributed by atoms with Crippen LogP contribution in [0.4, 0.5) is 4.79 Å². The maximum Gasteiger partial charge on any atom is 0.312 e. The summed E-state index contributed by atoms with van der Waals surface area (Å²) in [6, 6.07) is 2.78. The van der Waals surface area contributed by atoms with Crippen LogP contribution < -0.4 is 22.1 Å². The number of hydrogen-bond donors (Lipinski definition) is 4. The molecule has 0 aliphatic heterocycles. The van der Waals surface area contributed by atoms with E-state index in [1.165, 1.54) is 11.3 Å². The summed E-state index contributed by atoms with van der Waals surface area (Å²) in [6.45, 7) is 0.448. The van der Waals surface area contributed by atoms with Crippen molar-refractivity contribution in [1.29, 1.82) is 0 Å². The van der Waals surface area contributed by atoms with Crippen LogP contribution in [0.15, 0.2) is 17.5 Å². The number of rotatable bonds is 7. The topological polar surface area (TPSA) is 110 Å². The molecule has 1 fully saturated rings. The fourth-order valence-corrected chi connectivity index (χ4v) is 2.98. The van der Waals surface area contributed by atoms with Gasteiger partial charge in [-0.15, -0.1) is 23.7 Å². The number of nitrogens with two attached hydrogens (primary N) is 2. The lowest BCUT2D eigenvalue weighted by Gasteiger charge is -2.19. The van der Waals surface area contributed by atoms with Crippen molar-refractivity contribution in [3.63, 3.8) is 0 Å². The first-order chi connectivity index (χ1) is 9.60. The summed E-state index contributed by atoms with van der Waals surface area (Å²) in [5, 5.41) is 7.45. The molecule has 0 bridgehead atoms. The zero-order chi connectivity index (χ0) is 14.5. The van der Waals surface area contributed by atoms with Crippen LogP contribution in [0.25, 0.3) is 0 Å². The van der Waals surface area contributed by atoms with E-state index in [2.05, 4.69) is 10.6 Å². The Morgan fingerprint density at radius 3 is 2.57 bits per heavy atom. The minimum atomic E-state index is -0.631. The molecule has 1 saturated carbocycles. The Labute approximate surface area is 134 Å². The van der Waals surface area contributed by atoms with Crippen LogP contribution in [0.5, 0.6) is 0 Å². The zero-order valence-electron chi connectivity index (χ0n) is 11.6. The summed E-state index contributed by atoms with van der Waals surface area (Å²) in [5.41, 5.74) is 10.8. The maximum absolute atomic E-state index is 12.1. The molecule has 2 unspecified atom stereocenters. The van der Waals surface area contributed by atoms with E-state index in [0.717, 1.165) is 17.7 Å². The molecule has 2 atom stereocenters. The van der Waals surface area contributed by atoms with Crippen molar-refractivity contribution in [3.05, 3.63) is 22.4 Å². The highest BCUT2D eigenvalue weighted by Crippen LogP contribution is 2.32. The normalized spacial score (nSPS) is 16.4. The predicted octanol–water partition coefficient (Wildman–Crippen LogP) is 1.12. The van der Waals surface area contributed by atoms with Crippen LogP contribution in [0, 0.1) is 5.92 Å². The van der Waals surface area contributed by atoms with Crippen molar-refractivity contribution in [1.82, 2.24) is 10.6 Å². The number of carbonyl (C=O) groups excluding carboxylic acids is 2. The predicted molar refractivity (Wildman–Crippen MR) is 85.4 cm³/mol. The lowest BCUT2D eigenvalue weighted by molar-refractivity contribution is -0.122. The van der Waals surface area contributed by atoms with Crippen LogP contribution in [0.2, 0.25) is 0 Å². The summed E-state index contributed by atoms with van der Waals surface area (Å²) < 4.78 is 0. The van der Waals surface area contributed by atoms with E-state index in [4.69, 9.17) is 11.5 Å². The first-order valence-corrected chi connectivity index (χ1v) is 7.57. The Morgan fingerprint density at radius 1 is 1.38 bits per heavy atom. The summed E-state index contributed by atoms with van der Waals surface area (Å²) in [6.07, 6.45) is 2.42. The molecule has 6 N–H and O–H groups in total. The third-order valence-corrected chi connectivity index (χ3v) is 4.37. The molecule has 0 aromatic carbocycles. The highest BCUT2D eigenvalue weighted by molar-refractivity contribution is 7.10. The van der Waals surface area contributed by atoms with Gasteiger partial charge in [-0.2, -0.15) is 0 Å². The van der Waals surface area contributed by atoms with Gasteiger partial charge in [-0.25, -0.2) is 4.79 Å². The molecule has 0 saturated heterocycles. The number of primary amides is 1. The molecule has 0 radical (unpaired) electrons. The van der Waals surface area contributed by atoms with Gasteiger partial charge in [0.15, 0.2) is 0 Å². The monoisotopic (exact) mass is 332 g/mol. The van der Waals surface area contributed by atoms with Crippen molar-refractivity contribution >= 4 is 35.7 Å². The van der Waals surface area contributed by atoms with Gasteiger partial charge in [-0.3, -0.25) is 4.79 Å². The number of hydrogen-bond acceptors (Lipinski definition) is 4. The minimum absolute atomic E-state index is 0. The Morgan fingerprint density at radius 2 is 2.10 bits per heavy atom. The number of carbonyl (C=O) groups is 2. The Kier molecular flexibility index (Phi) is 6.94. The largest absolute Gasteiger partial charge is 0.352 e. The molecule has 3 amide bonds. The number of thiophene rings is 1. The minimum Gasteiger partial charge on any atom is -0.352 e. The van der Waals surface area contributed by atoms with Gasteiger partial charge in [-0.05, 0) is 30.2 Å². The zero-order valence-corrected chi connectivity index (χ0v) is 13.2. The van der Waals surface area contributed by atoms with Crippen LogP contribution in [0.3, 0.4) is 0 Å². The molecule has 1 aliphatic carbocycles. The van der Waals surface area contributed by atoms with Crippen molar-refractivity contribution in [2.24, 2.45) is 17.4 Å². The van der Waals surface area contributed by atoms with Gasteiger partial charge in [0.05, 0.1) is 12.5 Å². The number of amides is 3. The summed E-state index contributed by atoms with van der Waals surface area (Å²) in [5.74, 6) is 0.396.